The molecule has 3 aromatic rings. The Bertz CT molecular complexity index is 1270. The van der Waals surface area contributed by atoms with Crippen molar-refractivity contribution in [1.29, 1.82) is 0 Å². The largest absolute Gasteiger partial charge is 0.369 e. The van der Waals surface area contributed by atoms with Gasteiger partial charge in [-0.1, -0.05) is 25.0 Å². The van der Waals surface area contributed by atoms with Crippen LogP contribution in [-0.4, -0.2) is 62.9 Å². The van der Waals surface area contributed by atoms with E-state index >= 15 is 0 Å². The van der Waals surface area contributed by atoms with E-state index < -0.39 is 0 Å². The van der Waals surface area contributed by atoms with E-state index in [1.165, 1.54) is 31.4 Å². The molecular weight excluding hydrogens is 448 g/mol. The fourth-order valence-electron chi connectivity index (χ4n) is 5.17. The smallest absolute Gasteiger partial charge is 0.290 e. The average Bonchev–Trinajstić information content (AvgIpc) is 3.60. The highest BCUT2D eigenvalue weighted by molar-refractivity contribution is 8.18. The first-order valence-corrected chi connectivity index (χ1v) is 12.6. The standard InChI is InChI=1S/C25H26N6O2S/c32-24-22(34-25(33)27-24)15-18-7-10-23-26-16-21(31(23)28-18)17-5-8-20(9-6-17)30-13-11-29(12-14-30)19-3-1-2-4-19/h5-10,15-16,19H,1-4,11-14H2,(H,27,32,33). The Balaban J connectivity index is 1.20. The SMILES string of the molecule is O=C1NC(=O)C(=Cc2ccc3ncc(-c4ccc(N5CCN(C6CCCC6)CC5)cc4)n3n2)S1. The summed E-state index contributed by atoms with van der Waals surface area (Å²) in [6, 6.07) is 13.1. The molecule has 1 aromatic carbocycles. The van der Waals surface area contributed by atoms with Gasteiger partial charge in [-0.2, -0.15) is 5.10 Å². The van der Waals surface area contributed by atoms with Gasteiger partial charge in [0.1, 0.15) is 0 Å². The molecule has 0 spiro atoms. The van der Waals surface area contributed by atoms with Crippen molar-refractivity contribution in [2.24, 2.45) is 0 Å². The van der Waals surface area contributed by atoms with E-state index in [4.69, 9.17) is 0 Å². The topological polar surface area (TPSA) is 82.8 Å². The summed E-state index contributed by atoms with van der Waals surface area (Å²) >= 11 is 0.888. The maximum atomic E-state index is 11.9. The lowest BCUT2D eigenvalue weighted by Crippen LogP contribution is -2.49. The molecule has 0 atom stereocenters. The highest BCUT2D eigenvalue weighted by Gasteiger charge is 2.27. The van der Waals surface area contributed by atoms with Crippen LogP contribution in [0.4, 0.5) is 10.5 Å². The zero-order chi connectivity index (χ0) is 23.1. The number of aromatic nitrogens is 3. The van der Waals surface area contributed by atoms with Crippen molar-refractivity contribution < 1.29 is 9.59 Å². The van der Waals surface area contributed by atoms with Crippen LogP contribution in [0.3, 0.4) is 0 Å². The van der Waals surface area contributed by atoms with Crippen LogP contribution in [0.25, 0.3) is 23.0 Å². The molecule has 2 aromatic heterocycles. The van der Waals surface area contributed by atoms with E-state index in [2.05, 4.69) is 49.5 Å². The number of carbonyl (C=O) groups excluding carboxylic acids is 2. The predicted octanol–water partition coefficient (Wildman–Crippen LogP) is 3.78. The van der Waals surface area contributed by atoms with Crippen molar-refractivity contribution in [2.75, 3.05) is 31.1 Å². The minimum absolute atomic E-state index is 0.343. The highest BCUT2D eigenvalue weighted by atomic mass is 32.2. The zero-order valence-corrected chi connectivity index (χ0v) is 19.6. The van der Waals surface area contributed by atoms with Gasteiger partial charge in [0.15, 0.2) is 5.65 Å². The lowest BCUT2D eigenvalue weighted by atomic mass is 10.1. The maximum Gasteiger partial charge on any atom is 0.290 e. The summed E-state index contributed by atoms with van der Waals surface area (Å²) in [6.45, 7) is 4.42. The molecule has 0 unspecified atom stereocenters. The molecule has 2 saturated heterocycles. The number of amides is 2. The predicted molar refractivity (Wildman–Crippen MR) is 134 cm³/mol. The second-order valence-electron chi connectivity index (χ2n) is 9.03. The van der Waals surface area contributed by atoms with Crippen molar-refractivity contribution in [3.05, 3.63) is 53.2 Å². The fourth-order valence-corrected chi connectivity index (χ4v) is 5.84. The molecule has 0 bridgehead atoms. The highest BCUT2D eigenvalue weighted by Crippen LogP contribution is 2.28. The number of rotatable bonds is 4. The zero-order valence-electron chi connectivity index (χ0n) is 18.8. The maximum absolute atomic E-state index is 11.9. The number of benzene rings is 1. The molecule has 174 valence electrons. The number of imide groups is 1. The first-order valence-electron chi connectivity index (χ1n) is 11.8. The third kappa shape index (κ3) is 4.10. The molecule has 6 rings (SSSR count). The summed E-state index contributed by atoms with van der Waals surface area (Å²) in [4.78, 5) is 33.3. The molecule has 8 nitrogen and oxygen atoms in total. The van der Waals surface area contributed by atoms with Crippen LogP contribution in [0, 0.1) is 0 Å². The Morgan fingerprint density at radius 1 is 0.971 bits per heavy atom. The lowest BCUT2D eigenvalue weighted by molar-refractivity contribution is -0.115. The molecular formula is C25H26N6O2S. The van der Waals surface area contributed by atoms with Crippen LogP contribution in [-0.2, 0) is 4.79 Å². The van der Waals surface area contributed by atoms with E-state index in [9.17, 15) is 9.59 Å². The summed E-state index contributed by atoms with van der Waals surface area (Å²) in [6.07, 6.45) is 8.95. The van der Waals surface area contributed by atoms with Crippen molar-refractivity contribution in [2.45, 2.75) is 31.7 Å². The molecule has 3 aliphatic rings. The van der Waals surface area contributed by atoms with E-state index in [1.54, 1.807) is 16.7 Å². The monoisotopic (exact) mass is 474 g/mol. The first-order chi connectivity index (χ1) is 16.6. The molecule has 3 fully saturated rings. The molecule has 2 amide bonds. The van der Waals surface area contributed by atoms with Crippen molar-refractivity contribution in [1.82, 2.24) is 24.8 Å². The Morgan fingerprint density at radius 2 is 1.74 bits per heavy atom. The Hall–Kier alpha value is -3.17. The Morgan fingerprint density at radius 3 is 2.44 bits per heavy atom. The summed E-state index contributed by atoms with van der Waals surface area (Å²) in [5.74, 6) is -0.387. The minimum Gasteiger partial charge on any atom is -0.369 e. The number of thioether (sulfide) groups is 1. The van der Waals surface area contributed by atoms with E-state index in [0.717, 1.165) is 60.9 Å². The van der Waals surface area contributed by atoms with Crippen LogP contribution < -0.4 is 10.2 Å². The number of anilines is 1. The number of carbonyl (C=O) groups is 2. The van der Waals surface area contributed by atoms with Gasteiger partial charge in [0.2, 0.25) is 0 Å². The summed E-state index contributed by atoms with van der Waals surface area (Å²) < 4.78 is 1.78. The number of fused-ring (bicyclic) bond motifs is 1. The van der Waals surface area contributed by atoms with Gasteiger partial charge in [-0.25, -0.2) is 9.50 Å². The van der Waals surface area contributed by atoms with Gasteiger partial charge in [0.25, 0.3) is 11.1 Å². The number of piperazine rings is 1. The van der Waals surface area contributed by atoms with E-state index in [0.29, 0.717) is 10.6 Å². The minimum atomic E-state index is -0.387. The normalized spacial score (nSPS) is 21.2. The number of hydrogen-bond acceptors (Lipinski definition) is 7. The van der Waals surface area contributed by atoms with Gasteiger partial charge in [0.05, 0.1) is 22.5 Å². The van der Waals surface area contributed by atoms with E-state index in [1.807, 2.05) is 12.3 Å². The fraction of sp³-hybridized carbons (Fsp3) is 0.360. The molecule has 9 heteroatoms. The summed E-state index contributed by atoms with van der Waals surface area (Å²) in [5, 5.41) is 6.56. The molecule has 34 heavy (non-hydrogen) atoms. The van der Waals surface area contributed by atoms with Crippen LogP contribution in [0.2, 0.25) is 0 Å². The molecule has 1 N–H and O–H groups in total. The van der Waals surface area contributed by atoms with Crippen LogP contribution in [0.5, 0.6) is 0 Å². The second-order valence-corrected chi connectivity index (χ2v) is 10.0. The molecule has 2 aliphatic heterocycles. The summed E-state index contributed by atoms with van der Waals surface area (Å²) in [7, 11) is 0. The third-order valence-electron chi connectivity index (χ3n) is 6.99. The van der Waals surface area contributed by atoms with Gasteiger partial charge in [-0.05, 0) is 54.9 Å². The van der Waals surface area contributed by atoms with Gasteiger partial charge in [-0.15, -0.1) is 0 Å². The number of nitrogens with one attached hydrogen (secondary N) is 1. The van der Waals surface area contributed by atoms with Crippen LogP contribution in [0.15, 0.2) is 47.5 Å². The first kappa shape index (κ1) is 21.4. The third-order valence-corrected chi connectivity index (χ3v) is 7.80. The van der Waals surface area contributed by atoms with Crippen LogP contribution >= 0.6 is 11.8 Å². The lowest BCUT2D eigenvalue weighted by Gasteiger charge is -2.39. The summed E-state index contributed by atoms with van der Waals surface area (Å²) in [5.41, 5.74) is 4.48. The Labute approximate surface area is 202 Å². The van der Waals surface area contributed by atoms with Gasteiger partial charge < -0.3 is 4.90 Å². The van der Waals surface area contributed by atoms with E-state index in [-0.39, 0.29) is 11.1 Å². The number of nitrogens with zero attached hydrogens (tertiary/aromatic N) is 5. The van der Waals surface area contributed by atoms with Crippen molar-refractivity contribution in [3.8, 4) is 11.3 Å². The second kappa shape index (κ2) is 8.88. The van der Waals surface area contributed by atoms with Crippen LogP contribution in [0.1, 0.15) is 31.4 Å². The molecule has 1 saturated carbocycles. The average molecular weight is 475 g/mol. The van der Waals surface area contributed by atoms with Gasteiger partial charge in [-0.3, -0.25) is 19.8 Å². The van der Waals surface area contributed by atoms with Gasteiger partial charge >= 0.3 is 0 Å². The van der Waals surface area contributed by atoms with Crippen molar-refractivity contribution in [3.63, 3.8) is 0 Å². The molecule has 4 heterocycles. The molecule has 1 aliphatic carbocycles. The van der Waals surface area contributed by atoms with Crippen molar-refractivity contribution >= 4 is 40.3 Å². The van der Waals surface area contributed by atoms with Gasteiger partial charge in [0, 0.05) is 43.5 Å². The number of imidazole rings is 1. The number of hydrogen-bond donors (Lipinski definition) is 1. The molecule has 0 radical (unpaired) electrons. The Kier molecular flexibility index (Phi) is 5.58. The quantitative estimate of drug-likeness (QED) is 0.576.